The fraction of sp³-hybridized carbons (Fsp3) is 0.538. The molecule has 2 atom stereocenters. The number of benzene rings is 1. The highest BCUT2D eigenvalue weighted by atomic mass is 19.1. The van der Waals surface area contributed by atoms with Crippen LogP contribution in [0.15, 0.2) is 18.2 Å². The molecule has 1 heterocycles. The van der Waals surface area contributed by atoms with Crippen molar-refractivity contribution in [2.45, 2.75) is 32.9 Å². The van der Waals surface area contributed by atoms with Crippen molar-refractivity contribution in [2.24, 2.45) is 11.7 Å². The van der Waals surface area contributed by atoms with Crippen LogP contribution in [0, 0.1) is 11.7 Å². The van der Waals surface area contributed by atoms with Gasteiger partial charge < -0.3 is 10.6 Å². The minimum atomic E-state index is -0.190. The molecule has 3 heteroatoms. The van der Waals surface area contributed by atoms with Gasteiger partial charge in [-0.1, -0.05) is 6.92 Å². The van der Waals surface area contributed by atoms with Crippen molar-refractivity contribution in [3.05, 3.63) is 29.6 Å². The molecule has 0 aromatic heterocycles. The zero-order valence-electron chi connectivity index (χ0n) is 9.91. The van der Waals surface area contributed by atoms with Gasteiger partial charge in [0, 0.05) is 24.8 Å². The van der Waals surface area contributed by atoms with Gasteiger partial charge in [-0.2, -0.15) is 0 Å². The van der Waals surface area contributed by atoms with E-state index in [9.17, 15) is 4.39 Å². The number of nitrogens with two attached hydrogens (primary N) is 1. The highest BCUT2D eigenvalue weighted by molar-refractivity contribution is 5.51. The van der Waals surface area contributed by atoms with Crippen LogP contribution in [0.4, 0.5) is 10.1 Å². The minimum Gasteiger partial charge on any atom is -0.368 e. The van der Waals surface area contributed by atoms with E-state index in [-0.39, 0.29) is 5.82 Å². The van der Waals surface area contributed by atoms with E-state index >= 15 is 0 Å². The van der Waals surface area contributed by atoms with Gasteiger partial charge in [-0.05, 0) is 43.0 Å². The fourth-order valence-corrected chi connectivity index (χ4v) is 2.58. The van der Waals surface area contributed by atoms with Crippen LogP contribution < -0.4 is 10.6 Å². The van der Waals surface area contributed by atoms with Crippen molar-refractivity contribution >= 4 is 5.69 Å². The summed E-state index contributed by atoms with van der Waals surface area (Å²) >= 11 is 0. The molecule has 2 rings (SSSR count). The summed E-state index contributed by atoms with van der Waals surface area (Å²) in [7, 11) is 0. The highest BCUT2D eigenvalue weighted by Gasteiger charge is 2.26. The van der Waals surface area contributed by atoms with Crippen LogP contribution in [0.1, 0.15) is 25.8 Å². The lowest BCUT2D eigenvalue weighted by Gasteiger charge is -2.24. The highest BCUT2D eigenvalue weighted by Crippen LogP contribution is 2.29. The van der Waals surface area contributed by atoms with Gasteiger partial charge >= 0.3 is 0 Å². The van der Waals surface area contributed by atoms with Crippen LogP contribution in [0.2, 0.25) is 0 Å². The SMILES string of the molecule is CC1CC(C)N(c2cc(F)cc(CN)c2)C1. The molecular weight excluding hydrogens is 203 g/mol. The third-order valence-corrected chi connectivity index (χ3v) is 3.29. The normalized spacial score (nSPS) is 25.1. The van der Waals surface area contributed by atoms with Crippen LogP contribution in [-0.2, 0) is 6.54 Å². The Balaban J connectivity index is 2.29. The average Bonchev–Trinajstić information content (AvgIpc) is 2.57. The Morgan fingerprint density at radius 2 is 2.12 bits per heavy atom. The van der Waals surface area contributed by atoms with Crippen molar-refractivity contribution < 1.29 is 4.39 Å². The Morgan fingerprint density at radius 1 is 1.38 bits per heavy atom. The van der Waals surface area contributed by atoms with Crippen molar-refractivity contribution in [1.82, 2.24) is 0 Å². The molecule has 0 amide bonds. The van der Waals surface area contributed by atoms with E-state index < -0.39 is 0 Å². The van der Waals surface area contributed by atoms with Gasteiger partial charge in [0.15, 0.2) is 0 Å². The van der Waals surface area contributed by atoms with Crippen molar-refractivity contribution in [2.75, 3.05) is 11.4 Å². The first-order chi connectivity index (χ1) is 7.60. The lowest BCUT2D eigenvalue weighted by Crippen LogP contribution is -2.26. The van der Waals surface area contributed by atoms with Crippen LogP contribution in [0.25, 0.3) is 0 Å². The third-order valence-electron chi connectivity index (χ3n) is 3.29. The summed E-state index contributed by atoms with van der Waals surface area (Å²) in [4.78, 5) is 2.27. The van der Waals surface area contributed by atoms with E-state index in [1.807, 2.05) is 6.07 Å². The molecule has 1 fully saturated rings. The molecule has 1 aromatic carbocycles. The number of rotatable bonds is 2. The Morgan fingerprint density at radius 3 is 2.69 bits per heavy atom. The first-order valence-electron chi connectivity index (χ1n) is 5.86. The average molecular weight is 222 g/mol. The Bertz CT molecular complexity index is 378. The summed E-state index contributed by atoms with van der Waals surface area (Å²) in [6.45, 7) is 5.83. The quantitative estimate of drug-likeness (QED) is 0.833. The largest absolute Gasteiger partial charge is 0.368 e. The molecule has 0 bridgehead atoms. The minimum absolute atomic E-state index is 0.190. The summed E-state index contributed by atoms with van der Waals surface area (Å²) < 4.78 is 13.4. The molecular formula is C13H19FN2. The first-order valence-corrected chi connectivity index (χ1v) is 5.86. The fourth-order valence-electron chi connectivity index (χ4n) is 2.58. The maximum atomic E-state index is 13.4. The summed E-state index contributed by atoms with van der Waals surface area (Å²) in [5.74, 6) is 0.490. The zero-order chi connectivity index (χ0) is 11.7. The van der Waals surface area contributed by atoms with Gasteiger partial charge in [-0.15, -0.1) is 0 Å². The van der Waals surface area contributed by atoms with Gasteiger partial charge in [0.1, 0.15) is 5.82 Å². The monoisotopic (exact) mass is 222 g/mol. The molecule has 0 saturated carbocycles. The van der Waals surface area contributed by atoms with Gasteiger partial charge in [0.2, 0.25) is 0 Å². The number of hydrogen-bond acceptors (Lipinski definition) is 2. The van der Waals surface area contributed by atoms with Crippen molar-refractivity contribution in [3.8, 4) is 0 Å². The molecule has 1 aromatic rings. The van der Waals surface area contributed by atoms with Gasteiger partial charge in [0.05, 0.1) is 0 Å². The van der Waals surface area contributed by atoms with E-state index in [0.717, 1.165) is 17.8 Å². The van der Waals surface area contributed by atoms with Crippen LogP contribution in [0.3, 0.4) is 0 Å². The maximum absolute atomic E-state index is 13.4. The molecule has 0 spiro atoms. The molecule has 0 aliphatic carbocycles. The van der Waals surface area contributed by atoms with E-state index in [1.165, 1.54) is 12.5 Å². The Kier molecular flexibility index (Phi) is 3.15. The third kappa shape index (κ3) is 2.19. The van der Waals surface area contributed by atoms with Crippen LogP contribution >= 0.6 is 0 Å². The lowest BCUT2D eigenvalue weighted by molar-refractivity contribution is 0.622. The number of halogens is 1. The standard InChI is InChI=1S/C13H19FN2/c1-9-3-10(2)16(8-9)13-5-11(7-15)4-12(14)6-13/h4-6,9-10H,3,7-8,15H2,1-2H3. The lowest BCUT2D eigenvalue weighted by atomic mass is 10.1. The van der Waals surface area contributed by atoms with Crippen molar-refractivity contribution in [1.29, 1.82) is 0 Å². The van der Waals surface area contributed by atoms with E-state index in [0.29, 0.717) is 18.5 Å². The van der Waals surface area contributed by atoms with Gasteiger partial charge in [-0.3, -0.25) is 0 Å². The molecule has 1 aliphatic heterocycles. The molecule has 16 heavy (non-hydrogen) atoms. The molecule has 2 unspecified atom stereocenters. The molecule has 1 aliphatic rings. The smallest absolute Gasteiger partial charge is 0.125 e. The second-order valence-electron chi connectivity index (χ2n) is 4.86. The van der Waals surface area contributed by atoms with Crippen LogP contribution in [-0.4, -0.2) is 12.6 Å². The van der Waals surface area contributed by atoms with Crippen molar-refractivity contribution in [3.63, 3.8) is 0 Å². The summed E-state index contributed by atoms with van der Waals surface area (Å²) in [5, 5.41) is 0. The number of anilines is 1. The number of nitrogens with zero attached hydrogens (tertiary/aromatic N) is 1. The molecule has 88 valence electrons. The van der Waals surface area contributed by atoms with E-state index in [2.05, 4.69) is 18.7 Å². The van der Waals surface area contributed by atoms with Crippen LogP contribution in [0.5, 0.6) is 0 Å². The summed E-state index contributed by atoms with van der Waals surface area (Å²) in [6.07, 6.45) is 1.18. The predicted octanol–water partition coefficient (Wildman–Crippen LogP) is 2.52. The molecule has 1 saturated heterocycles. The predicted molar refractivity (Wildman–Crippen MR) is 64.9 cm³/mol. The molecule has 2 N–H and O–H groups in total. The summed E-state index contributed by atoms with van der Waals surface area (Å²) in [6, 6.07) is 5.60. The van der Waals surface area contributed by atoms with Gasteiger partial charge in [0.25, 0.3) is 0 Å². The van der Waals surface area contributed by atoms with E-state index in [1.54, 1.807) is 6.07 Å². The molecule has 0 radical (unpaired) electrons. The second kappa shape index (κ2) is 4.42. The zero-order valence-corrected chi connectivity index (χ0v) is 9.91. The topological polar surface area (TPSA) is 29.3 Å². The Labute approximate surface area is 96.2 Å². The second-order valence-corrected chi connectivity index (χ2v) is 4.86. The number of hydrogen-bond donors (Lipinski definition) is 1. The van der Waals surface area contributed by atoms with Gasteiger partial charge in [-0.25, -0.2) is 4.39 Å². The maximum Gasteiger partial charge on any atom is 0.125 e. The summed E-state index contributed by atoms with van der Waals surface area (Å²) in [5.41, 5.74) is 7.40. The molecule has 2 nitrogen and oxygen atoms in total. The first kappa shape index (κ1) is 11.4. The van der Waals surface area contributed by atoms with E-state index in [4.69, 9.17) is 5.73 Å². The Hall–Kier alpha value is -1.09.